The number of aliphatic hydroxyl groups is 1. The molecule has 0 unspecified atom stereocenters. The number of hydrogen-bond donors (Lipinski definition) is 1. The molecule has 0 radical (unpaired) electrons. The summed E-state index contributed by atoms with van der Waals surface area (Å²) in [4.78, 5) is 45.6. The lowest BCUT2D eigenvalue weighted by Gasteiger charge is -2.33. The lowest BCUT2D eigenvalue weighted by Crippen LogP contribution is -2.48. The van der Waals surface area contributed by atoms with Gasteiger partial charge in [-0.25, -0.2) is 17.6 Å². The van der Waals surface area contributed by atoms with Crippen molar-refractivity contribution in [2.24, 2.45) is 17.8 Å². The predicted molar refractivity (Wildman–Crippen MR) is 180 cm³/mol. The normalized spacial score (nSPS) is 29.5. The van der Waals surface area contributed by atoms with Crippen LogP contribution in [0.2, 0.25) is 0 Å². The van der Waals surface area contributed by atoms with Crippen LogP contribution in [0.15, 0.2) is 35.9 Å². The Hall–Kier alpha value is -3.09. The zero-order valence-corrected chi connectivity index (χ0v) is 29.0. The van der Waals surface area contributed by atoms with Gasteiger partial charge >= 0.3 is 6.09 Å². The Labute approximate surface area is 278 Å². The van der Waals surface area contributed by atoms with E-state index < -0.39 is 57.4 Å². The number of benzene rings is 1. The summed E-state index contributed by atoms with van der Waals surface area (Å²) in [5, 5.41) is 10.7. The molecule has 260 valence electrons. The third-order valence-electron chi connectivity index (χ3n) is 9.89. The molecule has 0 aromatic heterocycles. The van der Waals surface area contributed by atoms with E-state index in [4.69, 9.17) is 4.74 Å². The molecule has 2 saturated heterocycles. The Morgan fingerprint density at radius 3 is 2.34 bits per heavy atom. The number of halogens is 1. The van der Waals surface area contributed by atoms with Crippen LogP contribution in [-0.4, -0.2) is 111 Å². The Morgan fingerprint density at radius 1 is 1.02 bits per heavy atom. The number of ether oxygens (including phenoxy) is 1. The maximum absolute atomic E-state index is 14.9. The van der Waals surface area contributed by atoms with Gasteiger partial charge in [-0.1, -0.05) is 31.6 Å². The van der Waals surface area contributed by atoms with Crippen LogP contribution in [0, 0.1) is 23.6 Å². The van der Waals surface area contributed by atoms with E-state index in [2.05, 4.69) is 4.90 Å². The molecule has 47 heavy (non-hydrogen) atoms. The summed E-state index contributed by atoms with van der Waals surface area (Å²) in [5.74, 6) is -3.09. The van der Waals surface area contributed by atoms with E-state index in [0.717, 1.165) is 13.1 Å². The van der Waals surface area contributed by atoms with E-state index in [0.29, 0.717) is 49.2 Å². The van der Waals surface area contributed by atoms with Gasteiger partial charge in [0.2, 0.25) is 11.6 Å². The topological polar surface area (TPSA) is 125 Å². The first-order valence-electron chi connectivity index (χ1n) is 16.6. The highest BCUT2D eigenvalue weighted by atomic mass is 32.2. The van der Waals surface area contributed by atoms with Gasteiger partial charge in [0.15, 0.2) is 0 Å². The quantitative estimate of drug-likeness (QED) is 0.363. The molecular weight excluding hydrogens is 625 g/mol. The second-order valence-electron chi connectivity index (χ2n) is 13.7. The van der Waals surface area contributed by atoms with Crippen LogP contribution in [0.5, 0.6) is 0 Å². The lowest BCUT2D eigenvalue weighted by atomic mass is 9.79. The summed E-state index contributed by atoms with van der Waals surface area (Å²) < 4.78 is 44.7. The molecule has 1 aliphatic carbocycles. The largest absolute Gasteiger partial charge is 0.442 e. The standard InChI is InChI=1S/C35H50FN3O7S/c1-23-6-8-30(40)22-31(41)34(42)33(24(2)7-9-32(23)46-35(43)39-14-12-37(4)13-15-39)25(3)18-26-19-27(36)21-29(20-26)38(5)28-10-16-47(44,45)17-11-28/h7,9,18-21,23-24,28,30,32-33,40H,6,8,10-17,22H2,1-5H3/b9-7+,25-18+/t23-,24-,30+,32-,33-/m0/s1. The average Bonchev–Trinajstić information content (AvgIpc) is 3.01. The van der Waals surface area contributed by atoms with E-state index in [-0.39, 0.29) is 36.3 Å². The maximum Gasteiger partial charge on any atom is 0.410 e. The third kappa shape index (κ3) is 9.96. The first-order valence-corrected chi connectivity index (χ1v) is 18.4. The molecule has 12 heteroatoms. The molecule has 3 aliphatic rings. The van der Waals surface area contributed by atoms with Crippen LogP contribution in [-0.2, 0) is 24.2 Å². The number of ketones is 2. The van der Waals surface area contributed by atoms with Gasteiger partial charge in [0.25, 0.3) is 0 Å². The zero-order chi connectivity index (χ0) is 34.5. The number of anilines is 1. The van der Waals surface area contributed by atoms with Gasteiger partial charge in [-0.2, -0.15) is 0 Å². The minimum Gasteiger partial charge on any atom is -0.442 e. The first-order chi connectivity index (χ1) is 22.1. The van der Waals surface area contributed by atoms with Crippen molar-refractivity contribution in [1.82, 2.24) is 9.80 Å². The summed E-state index contributed by atoms with van der Waals surface area (Å²) in [5.41, 5.74) is 1.64. The van der Waals surface area contributed by atoms with Crippen LogP contribution in [0.25, 0.3) is 6.08 Å². The molecule has 2 aliphatic heterocycles. The van der Waals surface area contributed by atoms with Gasteiger partial charge < -0.3 is 24.5 Å². The predicted octanol–water partition coefficient (Wildman–Crippen LogP) is 4.12. The van der Waals surface area contributed by atoms with E-state index in [9.17, 15) is 32.3 Å². The number of amides is 1. The fourth-order valence-corrected chi connectivity index (χ4v) is 8.17. The number of nitrogens with zero attached hydrogens (tertiary/aromatic N) is 3. The van der Waals surface area contributed by atoms with Crippen molar-refractivity contribution < 1.29 is 37.0 Å². The summed E-state index contributed by atoms with van der Waals surface area (Å²) in [7, 11) is 0.775. The van der Waals surface area contributed by atoms with Crippen LogP contribution in [0.1, 0.15) is 58.4 Å². The van der Waals surface area contributed by atoms with Crippen LogP contribution in [0.3, 0.4) is 0 Å². The summed E-state index contributed by atoms with van der Waals surface area (Å²) >= 11 is 0. The molecule has 4 rings (SSSR count). The van der Waals surface area contributed by atoms with Crippen molar-refractivity contribution in [3.8, 4) is 0 Å². The monoisotopic (exact) mass is 675 g/mol. The van der Waals surface area contributed by atoms with Gasteiger partial charge in [-0.3, -0.25) is 9.59 Å². The van der Waals surface area contributed by atoms with Gasteiger partial charge in [0.1, 0.15) is 21.8 Å². The van der Waals surface area contributed by atoms with Gasteiger partial charge in [0.05, 0.1) is 23.5 Å². The van der Waals surface area contributed by atoms with Crippen molar-refractivity contribution >= 4 is 39.3 Å². The van der Waals surface area contributed by atoms with E-state index in [1.54, 1.807) is 30.0 Å². The highest BCUT2D eigenvalue weighted by Crippen LogP contribution is 2.31. The molecule has 2 fully saturated rings. The number of sulfone groups is 1. The third-order valence-corrected chi connectivity index (χ3v) is 11.6. The molecule has 10 nitrogen and oxygen atoms in total. The van der Waals surface area contributed by atoms with Crippen molar-refractivity contribution in [2.75, 3.05) is 56.7 Å². The lowest BCUT2D eigenvalue weighted by molar-refractivity contribution is -0.140. The van der Waals surface area contributed by atoms with Crippen molar-refractivity contribution in [3.63, 3.8) is 0 Å². The number of allylic oxidation sites excluding steroid dienone is 2. The van der Waals surface area contributed by atoms with Crippen molar-refractivity contribution in [3.05, 3.63) is 47.3 Å². The molecule has 1 amide bonds. The molecular formula is C35H50FN3O7S. The van der Waals surface area contributed by atoms with E-state index in [1.807, 2.05) is 38.9 Å². The number of Topliss-reactive ketones (excluding diaryl/α,β-unsaturated/α-hetero) is 2. The smallest absolute Gasteiger partial charge is 0.410 e. The molecule has 0 spiro atoms. The number of rotatable bonds is 5. The summed E-state index contributed by atoms with van der Waals surface area (Å²) in [6.07, 6.45) is 4.67. The molecule has 1 aromatic carbocycles. The molecule has 1 aromatic rings. The van der Waals surface area contributed by atoms with E-state index in [1.165, 1.54) is 12.1 Å². The van der Waals surface area contributed by atoms with Gasteiger partial charge in [-0.05, 0) is 81.3 Å². The van der Waals surface area contributed by atoms with Crippen LogP contribution >= 0.6 is 0 Å². The zero-order valence-electron chi connectivity index (χ0n) is 28.2. The number of likely N-dealkylation sites (N-methyl/N-ethyl adjacent to an activating group) is 1. The number of carbonyl (C=O) groups excluding carboxylic acids is 3. The van der Waals surface area contributed by atoms with E-state index >= 15 is 0 Å². The highest BCUT2D eigenvalue weighted by Gasteiger charge is 2.34. The number of hydrogen-bond acceptors (Lipinski definition) is 9. The van der Waals surface area contributed by atoms with Crippen molar-refractivity contribution in [2.45, 2.75) is 71.1 Å². The van der Waals surface area contributed by atoms with Crippen LogP contribution < -0.4 is 4.90 Å². The fraction of sp³-hybridized carbons (Fsp3) is 0.629. The Balaban J connectivity index is 1.60. The number of aliphatic hydroxyl groups excluding tert-OH is 1. The molecule has 2 heterocycles. The molecule has 5 atom stereocenters. The molecule has 0 bridgehead atoms. The average molecular weight is 676 g/mol. The van der Waals surface area contributed by atoms with Gasteiger partial charge in [0, 0.05) is 51.4 Å². The summed E-state index contributed by atoms with van der Waals surface area (Å²) in [6.45, 7) is 8.14. The summed E-state index contributed by atoms with van der Waals surface area (Å²) in [6, 6.07) is 4.49. The second-order valence-corrected chi connectivity index (χ2v) is 16.0. The second kappa shape index (κ2) is 15.9. The number of carbonyl (C=O) groups is 3. The van der Waals surface area contributed by atoms with Crippen LogP contribution in [0.4, 0.5) is 14.9 Å². The SMILES string of the molecule is C/C(=C\c1cc(F)cc(N(C)C2CCS(=O)(=O)CC2)c1)[C@H]1C(=O)C(=O)C[C@H](O)CC[C@H](C)[C@@H](OC(=O)N2CCN(C)CC2)/C=C/[C@@H]1C. The minimum absolute atomic E-state index is 0.0546. The Kier molecular flexibility index (Phi) is 12.4. The Bertz CT molecular complexity index is 1460. The molecule has 0 saturated carbocycles. The number of piperazine rings is 1. The van der Waals surface area contributed by atoms with Crippen molar-refractivity contribution in [1.29, 1.82) is 0 Å². The minimum atomic E-state index is -3.05. The van der Waals surface area contributed by atoms with Gasteiger partial charge in [-0.15, -0.1) is 0 Å². The Morgan fingerprint density at radius 2 is 1.68 bits per heavy atom. The first kappa shape index (κ1) is 36.7. The molecule has 1 N–H and O–H groups in total. The maximum atomic E-state index is 14.9. The fourth-order valence-electron chi connectivity index (χ4n) is 6.70. The highest BCUT2D eigenvalue weighted by molar-refractivity contribution is 7.91.